The van der Waals surface area contributed by atoms with Gasteiger partial charge in [0.05, 0.1) is 25.5 Å². The summed E-state index contributed by atoms with van der Waals surface area (Å²) in [7, 11) is 0. The standard InChI is InChI=1S/C19H18ClFN6O2/c20-19(1-3-26(4-2-19)18-24-10-15(21)11-25-18)17(28)27-5-6-29-16-13(7-22)8-23-9-14(16)12-27/h8-11H,1-6,12H2. The molecule has 2 aromatic heterocycles. The van der Waals surface area contributed by atoms with Gasteiger partial charge in [0, 0.05) is 31.0 Å². The third-order valence-corrected chi connectivity index (χ3v) is 5.72. The van der Waals surface area contributed by atoms with Gasteiger partial charge in [0.25, 0.3) is 0 Å². The van der Waals surface area contributed by atoms with E-state index in [4.69, 9.17) is 16.3 Å². The van der Waals surface area contributed by atoms with Crippen molar-refractivity contribution in [2.45, 2.75) is 24.3 Å². The average Bonchev–Trinajstić information content (AvgIpc) is 2.97. The number of fused-ring (bicyclic) bond motifs is 1. The van der Waals surface area contributed by atoms with Gasteiger partial charge in [0.15, 0.2) is 5.82 Å². The Bertz CT molecular complexity index is 956. The van der Waals surface area contributed by atoms with Gasteiger partial charge in [-0.05, 0) is 12.8 Å². The molecule has 2 aliphatic rings. The lowest BCUT2D eigenvalue weighted by atomic mass is 9.94. The van der Waals surface area contributed by atoms with Gasteiger partial charge in [-0.25, -0.2) is 14.4 Å². The van der Waals surface area contributed by atoms with Crippen molar-refractivity contribution < 1.29 is 13.9 Å². The zero-order chi connectivity index (χ0) is 20.4. The molecule has 8 nitrogen and oxygen atoms in total. The van der Waals surface area contributed by atoms with Crippen molar-refractivity contribution in [3.8, 4) is 11.8 Å². The zero-order valence-electron chi connectivity index (χ0n) is 15.5. The molecule has 2 aliphatic heterocycles. The lowest BCUT2D eigenvalue weighted by molar-refractivity contribution is -0.135. The first-order chi connectivity index (χ1) is 14.0. The van der Waals surface area contributed by atoms with Crippen LogP contribution in [0.1, 0.15) is 24.0 Å². The number of nitrogens with zero attached hydrogens (tertiary/aromatic N) is 6. The summed E-state index contributed by atoms with van der Waals surface area (Å²) in [5.41, 5.74) is 1.04. The fraction of sp³-hybridized carbons (Fsp3) is 0.421. The molecule has 0 N–H and O–H groups in total. The van der Waals surface area contributed by atoms with Crippen molar-refractivity contribution >= 4 is 23.5 Å². The molecular formula is C19H18ClFN6O2. The van der Waals surface area contributed by atoms with E-state index in [0.29, 0.717) is 55.3 Å². The van der Waals surface area contributed by atoms with Gasteiger partial charge in [0.2, 0.25) is 11.9 Å². The van der Waals surface area contributed by atoms with Crippen molar-refractivity contribution in [2.24, 2.45) is 0 Å². The fourth-order valence-corrected chi connectivity index (χ4v) is 3.89. The molecule has 2 aromatic rings. The molecule has 10 heteroatoms. The van der Waals surface area contributed by atoms with E-state index in [2.05, 4.69) is 21.0 Å². The predicted octanol–water partition coefficient (Wildman–Crippen LogP) is 1.88. The summed E-state index contributed by atoms with van der Waals surface area (Å²) < 4.78 is 18.7. The minimum atomic E-state index is -1.04. The van der Waals surface area contributed by atoms with Crippen LogP contribution >= 0.6 is 11.6 Å². The molecule has 0 aromatic carbocycles. The molecule has 29 heavy (non-hydrogen) atoms. The SMILES string of the molecule is N#Cc1cncc2c1OCCN(C(=O)C1(Cl)CCN(c3ncc(F)cn3)CC1)C2. The van der Waals surface area contributed by atoms with E-state index in [1.54, 1.807) is 11.1 Å². The lowest BCUT2D eigenvalue weighted by Gasteiger charge is -2.39. The van der Waals surface area contributed by atoms with E-state index in [-0.39, 0.29) is 19.1 Å². The molecular weight excluding hydrogens is 399 g/mol. The highest BCUT2D eigenvalue weighted by atomic mass is 35.5. The van der Waals surface area contributed by atoms with Gasteiger partial charge < -0.3 is 14.5 Å². The molecule has 0 bridgehead atoms. The Morgan fingerprint density at radius 1 is 1.21 bits per heavy atom. The number of nitriles is 1. The first kappa shape index (κ1) is 19.3. The number of ether oxygens (including phenoxy) is 1. The minimum absolute atomic E-state index is 0.169. The van der Waals surface area contributed by atoms with E-state index in [9.17, 15) is 14.4 Å². The highest BCUT2D eigenvalue weighted by molar-refractivity contribution is 6.35. The number of rotatable bonds is 2. The molecule has 1 saturated heterocycles. The topological polar surface area (TPSA) is 95.2 Å². The largest absolute Gasteiger partial charge is 0.490 e. The van der Waals surface area contributed by atoms with Crippen LogP contribution in [-0.4, -0.2) is 56.9 Å². The maximum Gasteiger partial charge on any atom is 0.244 e. The predicted molar refractivity (Wildman–Crippen MR) is 102 cm³/mol. The van der Waals surface area contributed by atoms with Gasteiger partial charge in [-0.3, -0.25) is 9.78 Å². The van der Waals surface area contributed by atoms with E-state index in [1.807, 2.05) is 4.90 Å². The van der Waals surface area contributed by atoms with E-state index < -0.39 is 10.7 Å². The van der Waals surface area contributed by atoms with Crippen molar-refractivity contribution in [3.63, 3.8) is 0 Å². The third kappa shape index (κ3) is 3.80. The third-order valence-electron chi connectivity index (χ3n) is 5.18. The van der Waals surface area contributed by atoms with Crippen molar-refractivity contribution in [2.75, 3.05) is 31.1 Å². The molecule has 0 unspecified atom stereocenters. The maximum absolute atomic E-state index is 13.2. The number of hydrogen-bond acceptors (Lipinski definition) is 7. The monoisotopic (exact) mass is 416 g/mol. The molecule has 1 fully saturated rings. The van der Waals surface area contributed by atoms with E-state index >= 15 is 0 Å². The Morgan fingerprint density at radius 2 is 1.93 bits per heavy atom. The van der Waals surface area contributed by atoms with Crippen LogP contribution < -0.4 is 9.64 Å². The number of anilines is 1. The number of halogens is 2. The number of aromatic nitrogens is 3. The quantitative estimate of drug-likeness (QED) is 0.689. The second-order valence-electron chi connectivity index (χ2n) is 7.02. The van der Waals surface area contributed by atoms with E-state index in [1.165, 1.54) is 6.20 Å². The summed E-state index contributed by atoms with van der Waals surface area (Å²) in [6.07, 6.45) is 6.12. The fourth-order valence-electron chi connectivity index (χ4n) is 3.60. The molecule has 150 valence electrons. The first-order valence-corrected chi connectivity index (χ1v) is 9.58. The van der Waals surface area contributed by atoms with Crippen molar-refractivity contribution in [1.82, 2.24) is 19.9 Å². The highest BCUT2D eigenvalue weighted by Crippen LogP contribution is 2.34. The summed E-state index contributed by atoms with van der Waals surface area (Å²) in [6, 6.07) is 2.06. The molecule has 0 radical (unpaired) electrons. The number of hydrogen-bond donors (Lipinski definition) is 0. The summed E-state index contributed by atoms with van der Waals surface area (Å²) in [5.74, 6) is 0.234. The number of alkyl halides is 1. The van der Waals surface area contributed by atoms with Crippen LogP contribution in [0.3, 0.4) is 0 Å². The van der Waals surface area contributed by atoms with Crippen LogP contribution in [-0.2, 0) is 11.3 Å². The van der Waals surface area contributed by atoms with Crippen molar-refractivity contribution in [1.29, 1.82) is 5.26 Å². The van der Waals surface area contributed by atoms with Crippen LogP contribution in [0, 0.1) is 17.1 Å². The number of carbonyl (C=O) groups is 1. The molecule has 0 aliphatic carbocycles. The maximum atomic E-state index is 13.2. The van der Waals surface area contributed by atoms with E-state index in [0.717, 1.165) is 12.4 Å². The second-order valence-corrected chi connectivity index (χ2v) is 7.74. The van der Waals surface area contributed by atoms with Crippen LogP contribution in [0.4, 0.5) is 10.3 Å². The van der Waals surface area contributed by atoms with Crippen LogP contribution in [0.5, 0.6) is 5.75 Å². The molecule has 0 spiro atoms. The van der Waals surface area contributed by atoms with Crippen LogP contribution in [0.15, 0.2) is 24.8 Å². The summed E-state index contributed by atoms with van der Waals surface area (Å²) >= 11 is 6.75. The van der Waals surface area contributed by atoms with Crippen LogP contribution in [0.25, 0.3) is 0 Å². The van der Waals surface area contributed by atoms with Crippen molar-refractivity contribution in [3.05, 3.63) is 41.7 Å². The number of amides is 1. The summed E-state index contributed by atoms with van der Waals surface area (Å²) in [6.45, 7) is 1.91. The Balaban J connectivity index is 1.46. The Labute approximate surface area is 171 Å². The minimum Gasteiger partial charge on any atom is -0.490 e. The molecule has 1 amide bonds. The first-order valence-electron chi connectivity index (χ1n) is 9.21. The molecule has 0 atom stereocenters. The number of pyridine rings is 1. The smallest absolute Gasteiger partial charge is 0.244 e. The van der Waals surface area contributed by atoms with Crippen LogP contribution in [0.2, 0.25) is 0 Å². The molecule has 4 heterocycles. The lowest BCUT2D eigenvalue weighted by Crippen LogP contribution is -2.52. The summed E-state index contributed by atoms with van der Waals surface area (Å²) in [4.78, 5) is 27.8. The zero-order valence-corrected chi connectivity index (χ0v) is 16.3. The Hall–Kier alpha value is -2.99. The highest BCUT2D eigenvalue weighted by Gasteiger charge is 2.43. The number of piperidine rings is 1. The molecule has 0 saturated carbocycles. The molecule has 4 rings (SSSR count). The Kier molecular flexibility index (Phi) is 5.20. The summed E-state index contributed by atoms with van der Waals surface area (Å²) in [5, 5.41) is 9.23. The van der Waals surface area contributed by atoms with Gasteiger partial charge in [-0.1, -0.05) is 0 Å². The second kappa shape index (κ2) is 7.79. The van der Waals surface area contributed by atoms with Gasteiger partial charge >= 0.3 is 0 Å². The van der Waals surface area contributed by atoms with Gasteiger partial charge in [0.1, 0.15) is 28.9 Å². The van der Waals surface area contributed by atoms with Gasteiger partial charge in [-0.2, -0.15) is 5.26 Å². The normalized spacial score (nSPS) is 18.2. The average molecular weight is 417 g/mol. The Morgan fingerprint density at radius 3 is 2.62 bits per heavy atom. The van der Waals surface area contributed by atoms with Gasteiger partial charge in [-0.15, -0.1) is 11.6 Å². The number of carbonyl (C=O) groups excluding carboxylic acids is 1.